The number of nitrogens with zero attached hydrogens (tertiary/aromatic N) is 1. The molecule has 0 unspecified atom stereocenters. The second kappa shape index (κ2) is 8.70. The van der Waals surface area contributed by atoms with Gasteiger partial charge in [0.25, 0.3) is 0 Å². The lowest BCUT2D eigenvalue weighted by atomic mass is 9.89. The second-order valence-corrected chi connectivity index (χ2v) is 9.32. The number of nitrogens with one attached hydrogen (secondary N) is 2. The van der Waals surface area contributed by atoms with Crippen LogP contribution in [0.3, 0.4) is 0 Å². The fourth-order valence-corrected chi connectivity index (χ4v) is 3.86. The Morgan fingerprint density at radius 2 is 1.80 bits per heavy atom. The Labute approximate surface area is 152 Å². The minimum Gasteiger partial charge on any atom is -0.357 e. The van der Waals surface area contributed by atoms with Crippen molar-refractivity contribution in [3.63, 3.8) is 0 Å². The summed E-state index contributed by atoms with van der Waals surface area (Å²) in [5, 5.41) is 6.67. The predicted molar refractivity (Wildman–Crippen MR) is 104 cm³/mol. The van der Waals surface area contributed by atoms with Crippen molar-refractivity contribution in [1.82, 2.24) is 10.6 Å². The van der Waals surface area contributed by atoms with E-state index in [0.29, 0.717) is 10.3 Å². The largest absolute Gasteiger partial charge is 0.357 e. The van der Waals surface area contributed by atoms with Crippen molar-refractivity contribution < 1.29 is 8.42 Å². The molecule has 1 aliphatic rings. The molecular weight excluding hydrogens is 334 g/mol. The van der Waals surface area contributed by atoms with Crippen molar-refractivity contribution in [3.05, 3.63) is 29.8 Å². The zero-order valence-electron chi connectivity index (χ0n) is 15.6. The van der Waals surface area contributed by atoms with Crippen molar-refractivity contribution in [2.75, 3.05) is 25.9 Å². The van der Waals surface area contributed by atoms with Gasteiger partial charge in [-0.15, -0.1) is 0 Å². The lowest BCUT2D eigenvalue weighted by molar-refractivity contribution is 0.350. The van der Waals surface area contributed by atoms with Gasteiger partial charge in [0.05, 0.1) is 4.90 Å². The van der Waals surface area contributed by atoms with Crippen molar-refractivity contribution in [3.8, 4) is 0 Å². The highest BCUT2D eigenvalue weighted by Gasteiger charge is 2.28. The van der Waals surface area contributed by atoms with Crippen molar-refractivity contribution in [2.45, 2.75) is 50.8 Å². The SMILES string of the molecule is CCNC(=NCC1(C)CCCC1)NCCc1ccc(S(C)(=O)=O)cc1. The summed E-state index contributed by atoms with van der Waals surface area (Å²) in [6, 6.07) is 7.10. The van der Waals surface area contributed by atoms with Crippen LogP contribution in [0.5, 0.6) is 0 Å². The van der Waals surface area contributed by atoms with Crippen LogP contribution in [0.4, 0.5) is 0 Å². The Kier molecular flexibility index (Phi) is 6.87. The summed E-state index contributed by atoms with van der Waals surface area (Å²) in [5.74, 6) is 0.864. The highest BCUT2D eigenvalue weighted by atomic mass is 32.2. The molecule has 0 atom stereocenters. The third kappa shape index (κ3) is 6.34. The van der Waals surface area contributed by atoms with Gasteiger partial charge in [-0.2, -0.15) is 0 Å². The summed E-state index contributed by atoms with van der Waals surface area (Å²) >= 11 is 0. The van der Waals surface area contributed by atoms with E-state index in [1.54, 1.807) is 12.1 Å². The fraction of sp³-hybridized carbons (Fsp3) is 0.632. The van der Waals surface area contributed by atoms with Crippen LogP contribution < -0.4 is 10.6 Å². The molecule has 0 spiro atoms. The lowest BCUT2D eigenvalue weighted by Gasteiger charge is -2.21. The first-order valence-corrected chi connectivity index (χ1v) is 11.0. The molecule has 0 radical (unpaired) electrons. The van der Waals surface area contributed by atoms with Crippen molar-refractivity contribution in [1.29, 1.82) is 0 Å². The van der Waals surface area contributed by atoms with E-state index < -0.39 is 9.84 Å². The number of aliphatic imine (C=N–C) groups is 1. The average Bonchev–Trinajstić information content (AvgIpc) is 2.99. The van der Waals surface area contributed by atoms with E-state index in [9.17, 15) is 8.42 Å². The van der Waals surface area contributed by atoms with Crippen LogP contribution in [0.25, 0.3) is 0 Å². The normalized spacial score (nSPS) is 17.5. The number of benzene rings is 1. The Bertz CT molecular complexity index is 675. The predicted octanol–water partition coefficient (Wildman–Crippen LogP) is 2.77. The van der Waals surface area contributed by atoms with E-state index in [4.69, 9.17) is 4.99 Å². The molecule has 0 saturated heterocycles. The van der Waals surface area contributed by atoms with Gasteiger partial charge in [0.15, 0.2) is 15.8 Å². The summed E-state index contributed by atoms with van der Waals surface area (Å²) < 4.78 is 23.0. The molecule has 1 fully saturated rings. The zero-order chi connectivity index (χ0) is 18.3. The standard InChI is InChI=1S/C19H31N3O2S/c1-4-20-18(22-15-19(2)12-5-6-13-19)21-14-11-16-7-9-17(10-8-16)25(3,23)24/h7-10H,4-6,11-15H2,1-3H3,(H2,20,21,22). The molecule has 25 heavy (non-hydrogen) atoms. The van der Waals surface area contributed by atoms with E-state index in [0.717, 1.165) is 37.6 Å². The Morgan fingerprint density at radius 1 is 1.16 bits per heavy atom. The molecule has 5 nitrogen and oxygen atoms in total. The molecule has 1 aliphatic carbocycles. The van der Waals surface area contributed by atoms with Crippen LogP contribution in [0.1, 0.15) is 45.1 Å². The van der Waals surface area contributed by atoms with Crippen LogP contribution in [0.2, 0.25) is 0 Å². The van der Waals surface area contributed by atoms with Gasteiger partial charge < -0.3 is 10.6 Å². The first-order chi connectivity index (χ1) is 11.8. The summed E-state index contributed by atoms with van der Waals surface area (Å²) in [6.07, 6.45) is 7.23. The van der Waals surface area contributed by atoms with Gasteiger partial charge in [0, 0.05) is 25.9 Å². The molecule has 0 aliphatic heterocycles. The van der Waals surface area contributed by atoms with Crippen LogP contribution in [0.15, 0.2) is 34.2 Å². The van der Waals surface area contributed by atoms with E-state index in [-0.39, 0.29) is 0 Å². The molecule has 2 rings (SSSR count). The molecule has 6 heteroatoms. The van der Waals surface area contributed by atoms with E-state index in [2.05, 4.69) is 24.5 Å². The third-order valence-corrected chi connectivity index (χ3v) is 5.96. The molecule has 0 aromatic heterocycles. The third-order valence-electron chi connectivity index (χ3n) is 4.83. The quantitative estimate of drug-likeness (QED) is 0.576. The first kappa shape index (κ1) is 19.8. The molecule has 1 aromatic carbocycles. The number of hydrogen-bond acceptors (Lipinski definition) is 3. The van der Waals surface area contributed by atoms with Gasteiger partial charge in [-0.25, -0.2) is 8.42 Å². The highest BCUT2D eigenvalue weighted by Crippen LogP contribution is 2.37. The molecule has 2 N–H and O–H groups in total. The van der Waals surface area contributed by atoms with Gasteiger partial charge in [0.1, 0.15) is 0 Å². The van der Waals surface area contributed by atoms with Crippen LogP contribution >= 0.6 is 0 Å². The number of rotatable bonds is 7. The van der Waals surface area contributed by atoms with Gasteiger partial charge in [0.2, 0.25) is 0 Å². The van der Waals surface area contributed by atoms with Crippen LogP contribution in [-0.4, -0.2) is 40.3 Å². The summed E-state index contributed by atoms with van der Waals surface area (Å²) in [6.45, 7) is 6.87. The van der Waals surface area contributed by atoms with Gasteiger partial charge in [-0.1, -0.05) is 31.9 Å². The maximum Gasteiger partial charge on any atom is 0.191 e. The number of guanidine groups is 1. The Morgan fingerprint density at radius 3 is 2.36 bits per heavy atom. The Hall–Kier alpha value is -1.56. The van der Waals surface area contributed by atoms with E-state index >= 15 is 0 Å². The summed E-state index contributed by atoms with van der Waals surface area (Å²) in [5.41, 5.74) is 1.46. The van der Waals surface area contributed by atoms with Gasteiger partial charge in [-0.05, 0) is 49.3 Å². The zero-order valence-corrected chi connectivity index (χ0v) is 16.5. The maximum absolute atomic E-state index is 11.5. The van der Waals surface area contributed by atoms with Crippen molar-refractivity contribution in [2.24, 2.45) is 10.4 Å². The molecule has 0 amide bonds. The Balaban J connectivity index is 1.86. The average molecular weight is 366 g/mol. The number of hydrogen-bond donors (Lipinski definition) is 2. The van der Waals surface area contributed by atoms with Crippen molar-refractivity contribution >= 4 is 15.8 Å². The van der Waals surface area contributed by atoms with Gasteiger partial charge >= 0.3 is 0 Å². The molecule has 140 valence electrons. The molecule has 1 aromatic rings. The monoisotopic (exact) mass is 365 g/mol. The molecule has 0 heterocycles. The van der Waals surface area contributed by atoms with Crippen LogP contribution in [-0.2, 0) is 16.3 Å². The maximum atomic E-state index is 11.5. The summed E-state index contributed by atoms with van der Waals surface area (Å²) in [4.78, 5) is 5.12. The molecular formula is C19H31N3O2S. The topological polar surface area (TPSA) is 70.6 Å². The minimum atomic E-state index is -3.13. The lowest BCUT2D eigenvalue weighted by Crippen LogP contribution is -2.39. The summed E-state index contributed by atoms with van der Waals surface area (Å²) in [7, 11) is -3.13. The highest BCUT2D eigenvalue weighted by molar-refractivity contribution is 7.90. The molecule has 1 saturated carbocycles. The van der Waals surface area contributed by atoms with Gasteiger partial charge in [-0.3, -0.25) is 4.99 Å². The van der Waals surface area contributed by atoms with E-state index in [1.165, 1.54) is 31.9 Å². The minimum absolute atomic E-state index is 0.351. The fourth-order valence-electron chi connectivity index (χ4n) is 3.23. The number of sulfone groups is 1. The van der Waals surface area contributed by atoms with Crippen LogP contribution in [0, 0.1) is 5.41 Å². The smallest absolute Gasteiger partial charge is 0.191 e. The first-order valence-electron chi connectivity index (χ1n) is 9.14. The molecule has 0 bridgehead atoms. The second-order valence-electron chi connectivity index (χ2n) is 7.31. The van der Waals surface area contributed by atoms with E-state index in [1.807, 2.05) is 12.1 Å².